The molecule has 8 rings (SSSR count). The number of benzene rings is 1. The Kier molecular flexibility index (Phi) is 16.3. The third-order valence-corrected chi connectivity index (χ3v) is 15.1. The van der Waals surface area contributed by atoms with Crippen LogP contribution in [0.25, 0.3) is 33.4 Å². The Hall–Kier alpha value is -5.83. The number of carbonyl (C=O) groups excluding carboxylic acids is 4. The fourth-order valence-electron chi connectivity index (χ4n) is 10.4. The van der Waals surface area contributed by atoms with Gasteiger partial charge in [-0.3, -0.25) is 29.2 Å². The number of carbonyl (C=O) groups is 4. The number of anilines is 1. The van der Waals surface area contributed by atoms with Crippen LogP contribution in [0.1, 0.15) is 82.7 Å². The maximum atomic E-state index is 16.9. The normalized spacial score (nSPS) is 22.4. The van der Waals surface area contributed by atoms with Gasteiger partial charge in [0, 0.05) is 85.3 Å². The van der Waals surface area contributed by atoms with Crippen molar-refractivity contribution in [1.29, 1.82) is 0 Å². The SMILES string of the molecule is CO[C@@H](C)c1ncc(N2CCOCC2)cc1-c1c2c3cc(c(F)cc3n1CC(F)(F)F)-c1csc(n1)C[C@H](NC(=O)[C@H](C(C)C)N(C)C(=O)C1CC(C#CC(F)(F)F)C1)C(=O)N1CCC[C@H](N1)C(=O)OCC(C)(C)C2. The molecule has 1 aromatic carbocycles. The van der Waals surface area contributed by atoms with Crippen LogP contribution in [0.3, 0.4) is 0 Å². The monoisotopic (exact) mass is 1070 g/mol. The van der Waals surface area contributed by atoms with Gasteiger partial charge in [-0.25, -0.2) is 14.8 Å². The second kappa shape index (κ2) is 22.0. The summed E-state index contributed by atoms with van der Waals surface area (Å²) >= 11 is 1.06. The van der Waals surface area contributed by atoms with Gasteiger partial charge >= 0.3 is 18.3 Å². The number of amides is 3. The lowest BCUT2D eigenvalue weighted by molar-refractivity contribution is -0.155. The van der Waals surface area contributed by atoms with Crippen molar-refractivity contribution in [3.8, 4) is 34.4 Å². The second-order valence-electron chi connectivity index (χ2n) is 20.9. The molecule has 15 nitrogen and oxygen atoms in total. The number of esters is 1. The summed E-state index contributed by atoms with van der Waals surface area (Å²) in [6, 6.07) is 0.794. The van der Waals surface area contributed by atoms with Crippen molar-refractivity contribution in [2.45, 2.75) is 116 Å². The Bertz CT molecular complexity index is 2860. The van der Waals surface area contributed by atoms with Crippen molar-refractivity contribution in [2.24, 2.45) is 23.2 Å². The van der Waals surface area contributed by atoms with Gasteiger partial charge in [0.2, 0.25) is 11.8 Å². The Morgan fingerprint density at radius 3 is 2.44 bits per heavy atom. The number of ether oxygens (including phenoxy) is 3. The average molecular weight is 1080 g/mol. The third kappa shape index (κ3) is 12.6. The number of thiazole rings is 1. The zero-order chi connectivity index (χ0) is 54.3. The summed E-state index contributed by atoms with van der Waals surface area (Å²) in [7, 11) is 2.88. The molecule has 4 aliphatic rings. The highest BCUT2D eigenvalue weighted by atomic mass is 32.1. The summed E-state index contributed by atoms with van der Waals surface area (Å²) < 4.78 is 118. The van der Waals surface area contributed by atoms with Crippen LogP contribution in [0.15, 0.2) is 29.8 Å². The van der Waals surface area contributed by atoms with Crippen LogP contribution in [0, 0.1) is 40.8 Å². The van der Waals surface area contributed by atoms with Gasteiger partial charge in [0.15, 0.2) is 0 Å². The molecule has 406 valence electrons. The fraction of sp³-hybridized carbons (Fsp3) is 0.577. The van der Waals surface area contributed by atoms with Gasteiger partial charge in [-0.1, -0.05) is 33.6 Å². The minimum absolute atomic E-state index is 0.0347. The van der Waals surface area contributed by atoms with Gasteiger partial charge in [0.1, 0.15) is 30.5 Å². The molecule has 23 heteroatoms. The van der Waals surface area contributed by atoms with E-state index in [1.165, 1.54) is 36.1 Å². The number of alkyl halides is 6. The molecule has 2 saturated heterocycles. The lowest BCUT2D eigenvalue weighted by atomic mass is 9.74. The Balaban J connectivity index is 1.22. The van der Waals surface area contributed by atoms with E-state index in [-0.39, 0.29) is 78.1 Å². The molecule has 4 aromatic rings. The summed E-state index contributed by atoms with van der Waals surface area (Å²) in [6.07, 6.45) is -7.91. The Morgan fingerprint density at radius 2 is 1.77 bits per heavy atom. The van der Waals surface area contributed by atoms with E-state index in [0.29, 0.717) is 55.2 Å². The Labute approximate surface area is 433 Å². The zero-order valence-electron chi connectivity index (χ0n) is 42.7. The first-order chi connectivity index (χ1) is 35.3. The molecule has 1 aliphatic carbocycles. The van der Waals surface area contributed by atoms with E-state index in [0.717, 1.165) is 22.0 Å². The molecule has 0 unspecified atom stereocenters. The van der Waals surface area contributed by atoms with Crippen LogP contribution < -0.4 is 15.6 Å². The molecule has 3 amide bonds. The highest BCUT2D eigenvalue weighted by Crippen LogP contribution is 2.45. The van der Waals surface area contributed by atoms with Crippen LogP contribution >= 0.6 is 11.3 Å². The first-order valence-corrected chi connectivity index (χ1v) is 25.8. The lowest BCUT2D eigenvalue weighted by Crippen LogP contribution is -2.62. The van der Waals surface area contributed by atoms with E-state index in [1.807, 2.05) is 4.90 Å². The number of pyridine rings is 1. The number of hydrogen-bond donors (Lipinski definition) is 2. The third-order valence-electron chi connectivity index (χ3n) is 14.3. The smallest absolute Gasteiger partial charge is 0.457 e. The number of morpholine rings is 1. The molecule has 3 aliphatic heterocycles. The number of cyclic esters (lactones) is 1. The van der Waals surface area contributed by atoms with Gasteiger partial charge in [0.25, 0.3) is 5.91 Å². The molecule has 1 saturated carbocycles. The molecule has 4 atom stereocenters. The summed E-state index contributed by atoms with van der Waals surface area (Å²) in [4.78, 5) is 69.5. The van der Waals surface area contributed by atoms with E-state index in [2.05, 4.69) is 16.7 Å². The van der Waals surface area contributed by atoms with Crippen molar-refractivity contribution in [2.75, 3.05) is 58.5 Å². The predicted molar refractivity (Wildman–Crippen MR) is 264 cm³/mol. The van der Waals surface area contributed by atoms with Crippen LogP contribution in [-0.4, -0.2) is 132 Å². The molecule has 6 heterocycles. The maximum Gasteiger partial charge on any atom is 0.457 e. The number of fused-ring (bicyclic) bond motifs is 6. The number of likely N-dealkylation sites (N-methyl/N-ethyl adjacent to an activating group) is 1. The van der Waals surface area contributed by atoms with Crippen molar-refractivity contribution in [3.05, 3.63) is 51.9 Å². The van der Waals surface area contributed by atoms with Gasteiger partial charge in [-0.2, -0.15) is 26.3 Å². The standard InChI is InChI=1S/C52H61F7N8O7S/c1-28(2)44(64(6)47(69)31-17-30(18-31)10-11-51(54,55)56)46(68)62-39-22-42-61-40(25-75-42)34-20-33-36(23-50(4,5)27-74-49(71)38-9-8-12-67(63-38)48(39)70)45(66(26-52(57,58)59)41(33)21-37(34)53)35-19-32(65-13-15-73-16-14-65)24-60-43(35)29(3)72-7/h19-21,24-25,28-31,38-39,44,63H,8-9,12-18,22-23,26-27H2,1-7H3,(H,62,68)/t29-,30?,31?,38-,39-,44-/m0/s1. The number of aromatic nitrogens is 3. The van der Waals surface area contributed by atoms with E-state index < -0.39 is 95.8 Å². The molecule has 2 N–H and O–H groups in total. The van der Waals surface area contributed by atoms with E-state index in [9.17, 15) is 45.5 Å². The summed E-state index contributed by atoms with van der Waals surface area (Å²) in [5, 5.41) is 6.14. The van der Waals surface area contributed by atoms with Gasteiger partial charge in [-0.15, -0.1) is 11.3 Å². The van der Waals surface area contributed by atoms with Gasteiger partial charge in [-0.05, 0) is 68.7 Å². The number of nitrogens with one attached hydrogen (secondary N) is 2. The minimum Gasteiger partial charge on any atom is -0.464 e. The van der Waals surface area contributed by atoms with E-state index in [1.54, 1.807) is 52.3 Å². The fourth-order valence-corrected chi connectivity index (χ4v) is 11.2. The quantitative estimate of drug-likeness (QED) is 0.0907. The maximum absolute atomic E-state index is 16.9. The van der Waals surface area contributed by atoms with Gasteiger partial charge in [0.05, 0.1) is 65.4 Å². The predicted octanol–water partition coefficient (Wildman–Crippen LogP) is 7.80. The van der Waals surface area contributed by atoms with Crippen LogP contribution in [0.4, 0.5) is 36.4 Å². The van der Waals surface area contributed by atoms with Crippen molar-refractivity contribution in [3.63, 3.8) is 0 Å². The van der Waals surface area contributed by atoms with Crippen molar-refractivity contribution >= 4 is 51.6 Å². The molecule has 3 aromatic heterocycles. The molecule has 3 fully saturated rings. The Morgan fingerprint density at radius 1 is 1.05 bits per heavy atom. The number of hydrogen-bond acceptors (Lipinski definition) is 12. The van der Waals surface area contributed by atoms with Crippen molar-refractivity contribution in [1.82, 2.24) is 35.2 Å². The van der Waals surface area contributed by atoms with Crippen LogP contribution in [-0.2, 0) is 52.8 Å². The number of methoxy groups -OCH3 is 1. The van der Waals surface area contributed by atoms with E-state index in [4.69, 9.17) is 24.2 Å². The second-order valence-corrected chi connectivity index (χ2v) is 21.8. The summed E-state index contributed by atoms with van der Waals surface area (Å²) in [5.41, 5.74) is 3.87. The molecule has 75 heavy (non-hydrogen) atoms. The van der Waals surface area contributed by atoms with Crippen LogP contribution in [0.2, 0.25) is 0 Å². The molecular formula is C52H61F7N8O7S. The number of rotatable bonds is 10. The topological polar surface area (TPSA) is 160 Å². The average Bonchev–Trinajstić information content (AvgIpc) is 3.92. The molecule has 6 bridgehead atoms. The first kappa shape index (κ1) is 55.4. The summed E-state index contributed by atoms with van der Waals surface area (Å²) in [6.45, 7) is 9.02. The number of nitrogens with zero attached hydrogens (tertiary/aromatic N) is 6. The highest BCUT2D eigenvalue weighted by molar-refractivity contribution is 7.10. The number of halogens is 7. The largest absolute Gasteiger partial charge is 0.464 e. The van der Waals surface area contributed by atoms with Gasteiger partial charge < -0.3 is 33.9 Å². The molecule has 0 spiro atoms. The lowest BCUT2D eigenvalue weighted by Gasteiger charge is -2.39. The van der Waals surface area contributed by atoms with Crippen LogP contribution in [0.5, 0.6) is 0 Å². The zero-order valence-corrected chi connectivity index (χ0v) is 43.5. The molecule has 0 radical (unpaired) electrons. The van der Waals surface area contributed by atoms with E-state index >= 15 is 4.39 Å². The molecular weight excluding hydrogens is 1010 g/mol. The van der Waals surface area contributed by atoms with Crippen molar-refractivity contribution < 1.29 is 64.1 Å². The highest BCUT2D eigenvalue weighted by Gasteiger charge is 2.42. The number of hydrazine groups is 1. The minimum atomic E-state index is -4.78. The first-order valence-electron chi connectivity index (χ1n) is 24.9. The summed E-state index contributed by atoms with van der Waals surface area (Å²) in [5.74, 6) is -1.81.